The molecule has 0 aliphatic carbocycles. The number of halogens is 1. The lowest BCUT2D eigenvalue weighted by molar-refractivity contribution is 0.155. The molecule has 0 atom stereocenters. The Kier molecular flexibility index (Phi) is 6.27. The standard InChI is InChI=1S/C13H20ClNO/c1-3-15(9-11-16-10-8-14)13-7-5-4-6-12(13)2/h4-7H,3,8-11H2,1-2H3. The minimum Gasteiger partial charge on any atom is -0.378 e. The van der Waals surface area contributed by atoms with E-state index in [1.807, 2.05) is 0 Å². The first kappa shape index (κ1) is 13.3. The number of para-hydroxylation sites is 1. The summed E-state index contributed by atoms with van der Waals surface area (Å²) >= 11 is 5.55. The molecule has 0 saturated carbocycles. The maximum absolute atomic E-state index is 5.55. The van der Waals surface area contributed by atoms with Crippen molar-refractivity contribution in [3.63, 3.8) is 0 Å². The quantitative estimate of drug-likeness (QED) is 0.537. The highest BCUT2D eigenvalue weighted by molar-refractivity contribution is 6.17. The van der Waals surface area contributed by atoms with Crippen LogP contribution in [0.1, 0.15) is 12.5 Å². The minimum atomic E-state index is 0.566. The van der Waals surface area contributed by atoms with Gasteiger partial charge in [-0.2, -0.15) is 0 Å². The van der Waals surface area contributed by atoms with Gasteiger partial charge >= 0.3 is 0 Å². The maximum Gasteiger partial charge on any atom is 0.0642 e. The molecule has 0 N–H and O–H groups in total. The lowest BCUT2D eigenvalue weighted by atomic mass is 10.2. The highest BCUT2D eigenvalue weighted by Crippen LogP contribution is 2.18. The molecule has 16 heavy (non-hydrogen) atoms. The normalized spacial score (nSPS) is 10.4. The van der Waals surface area contributed by atoms with Gasteiger partial charge in [0.25, 0.3) is 0 Å². The van der Waals surface area contributed by atoms with Gasteiger partial charge in [0.1, 0.15) is 0 Å². The van der Waals surface area contributed by atoms with E-state index in [1.165, 1.54) is 11.3 Å². The first-order chi connectivity index (χ1) is 7.79. The molecule has 90 valence electrons. The molecule has 1 aromatic carbocycles. The second-order valence-corrected chi connectivity index (χ2v) is 4.05. The van der Waals surface area contributed by atoms with E-state index >= 15 is 0 Å². The summed E-state index contributed by atoms with van der Waals surface area (Å²) in [4.78, 5) is 2.32. The summed E-state index contributed by atoms with van der Waals surface area (Å²) in [7, 11) is 0. The monoisotopic (exact) mass is 241 g/mol. The average molecular weight is 242 g/mol. The van der Waals surface area contributed by atoms with Crippen LogP contribution in [0.3, 0.4) is 0 Å². The van der Waals surface area contributed by atoms with Crippen molar-refractivity contribution in [2.45, 2.75) is 13.8 Å². The van der Waals surface area contributed by atoms with Crippen molar-refractivity contribution in [1.29, 1.82) is 0 Å². The van der Waals surface area contributed by atoms with Crippen LogP contribution >= 0.6 is 11.6 Å². The summed E-state index contributed by atoms with van der Waals surface area (Å²) in [5, 5.41) is 0. The maximum atomic E-state index is 5.55. The molecule has 3 heteroatoms. The number of nitrogens with zero attached hydrogens (tertiary/aromatic N) is 1. The van der Waals surface area contributed by atoms with E-state index in [4.69, 9.17) is 16.3 Å². The number of rotatable bonds is 7. The SMILES string of the molecule is CCN(CCOCCCl)c1ccccc1C. The van der Waals surface area contributed by atoms with E-state index in [0.29, 0.717) is 12.5 Å². The molecular weight excluding hydrogens is 222 g/mol. The van der Waals surface area contributed by atoms with Crippen LogP contribution in [0.2, 0.25) is 0 Å². The Hall–Kier alpha value is -0.730. The number of alkyl halides is 1. The Morgan fingerprint density at radius 2 is 2.00 bits per heavy atom. The summed E-state index contributed by atoms with van der Waals surface area (Å²) in [6.07, 6.45) is 0. The third-order valence-corrected chi connectivity index (χ3v) is 2.72. The lowest BCUT2D eigenvalue weighted by Crippen LogP contribution is -2.27. The Balaban J connectivity index is 2.51. The molecule has 2 nitrogen and oxygen atoms in total. The number of aryl methyl sites for hydroxylation is 1. The number of likely N-dealkylation sites (N-methyl/N-ethyl adjacent to an activating group) is 1. The summed E-state index contributed by atoms with van der Waals surface area (Å²) in [5.41, 5.74) is 2.60. The smallest absolute Gasteiger partial charge is 0.0642 e. The number of hydrogen-bond acceptors (Lipinski definition) is 2. The Labute approximate surface area is 103 Å². The van der Waals surface area contributed by atoms with Crippen LogP contribution in [0.5, 0.6) is 0 Å². The zero-order valence-corrected chi connectivity index (χ0v) is 10.8. The molecule has 0 aromatic heterocycles. The van der Waals surface area contributed by atoms with E-state index < -0.39 is 0 Å². The van der Waals surface area contributed by atoms with Crippen LogP contribution in [0.15, 0.2) is 24.3 Å². The second-order valence-electron chi connectivity index (χ2n) is 3.67. The van der Waals surface area contributed by atoms with Gasteiger partial charge in [-0.1, -0.05) is 18.2 Å². The molecule has 0 radical (unpaired) electrons. The summed E-state index contributed by atoms with van der Waals surface area (Å²) in [6, 6.07) is 8.43. The summed E-state index contributed by atoms with van der Waals surface area (Å²) < 4.78 is 5.40. The molecule has 0 amide bonds. The number of hydrogen-bond donors (Lipinski definition) is 0. The van der Waals surface area contributed by atoms with Crippen LogP contribution in [-0.2, 0) is 4.74 Å². The van der Waals surface area contributed by atoms with Crippen LogP contribution in [0, 0.1) is 6.92 Å². The van der Waals surface area contributed by atoms with Gasteiger partial charge in [-0.05, 0) is 25.5 Å². The van der Waals surface area contributed by atoms with Gasteiger partial charge in [-0.25, -0.2) is 0 Å². The first-order valence-electron chi connectivity index (χ1n) is 5.74. The van der Waals surface area contributed by atoms with Crippen molar-refractivity contribution in [2.24, 2.45) is 0 Å². The zero-order valence-electron chi connectivity index (χ0n) is 10.1. The topological polar surface area (TPSA) is 12.5 Å². The van der Waals surface area contributed by atoms with Crippen molar-refractivity contribution >= 4 is 17.3 Å². The molecule has 0 bridgehead atoms. The van der Waals surface area contributed by atoms with E-state index in [0.717, 1.165) is 19.7 Å². The minimum absolute atomic E-state index is 0.566. The summed E-state index contributed by atoms with van der Waals surface area (Å²) in [5.74, 6) is 0.566. The lowest BCUT2D eigenvalue weighted by Gasteiger charge is -2.24. The summed E-state index contributed by atoms with van der Waals surface area (Å²) in [6.45, 7) is 7.57. The van der Waals surface area contributed by atoms with Gasteiger partial charge in [0.2, 0.25) is 0 Å². The van der Waals surface area contributed by atoms with Crippen molar-refractivity contribution in [1.82, 2.24) is 0 Å². The highest BCUT2D eigenvalue weighted by atomic mass is 35.5. The first-order valence-corrected chi connectivity index (χ1v) is 6.27. The number of anilines is 1. The fraction of sp³-hybridized carbons (Fsp3) is 0.538. The third kappa shape index (κ3) is 4.03. The van der Waals surface area contributed by atoms with Crippen LogP contribution < -0.4 is 4.90 Å². The third-order valence-electron chi connectivity index (χ3n) is 2.56. The zero-order chi connectivity index (χ0) is 11.8. The predicted molar refractivity (Wildman–Crippen MR) is 70.6 cm³/mol. The van der Waals surface area contributed by atoms with Crippen molar-refractivity contribution < 1.29 is 4.74 Å². The Morgan fingerprint density at radius 3 is 2.62 bits per heavy atom. The number of benzene rings is 1. The van der Waals surface area contributed by atoms with Gasteiger partial charge in [0.15, 0.2) is 0 Å². The van der Waals surface area contributed by atoms with E-state index in [-0.39, 0.29) is 0 Å². The predicted octanol–water partition coefficient (Wildman–Crippen LogP) is 3.08. The van der Waals surface area contributed by atoms with Crippen LogP contribution in [0.4, 0.5) is 5.69 Å². The molecule has 0 unspecified atom stereocenters. The fourth-order valence-corrected chi connectivity index (χ4v) is 1.81. The number of ether oxygens (including phenoxy) is 1. The Bertz CT molecular complexity index is 304. The van der Waals surface area contributed by atoms with Gasteiger partial charge in [-0.15, -0.1) is 11.6 Å². The van der Waals surface area contributed by atoms with E-state index in [9.17, 15) is 0 Å². The molecule has 1 rings (SSSR count). The van der Waals surface area contributed by atoms with Crippen molar-refractivity contribution in [3.8, 4) is 0 Å². The molecule has 1 aromatic rings. The fourth-order valence-electron chi connectivity index (χ4n) is 1.70. The highest BCUT2D eigenvalue weighted by Gasteiger charge is 2.05. The average Bonchev–Trinajstić information content (AvgIpc) is 2.31. The largest absolute Gasteiger partial charge is 0.378 e. The van der Waals surface area contributed by atoms with Crippen LogP contribution in [-0.4, -0.2) is 32.2 Å². The van der Waals surface area contributed by atoms with Gasteiger partial charge in [0, 0.05) is 24.7 Å². The van der Waals surface area contributed by atoms with E-state index in [1.54, 1.807) is 0 Å². The molecule has 0 fully saturated rings. The van der Waals surface area contributed by atoms with Crippen molar-refractivity contribution in [2.75, 3.05) is 37.1 Å². The van der Waals surface area contributed by atoms with Gasteiger partial charge in [0.05, 0.1) is 13.2 Å². The van der Waals surface area contributed by atoms with Gasteiger partial charge in [-0.3, -0.25) is 0 Å². The van der Waals surface area contributed by atoms with Gasteiger partial charge < -0.3 is 9.64 Å². The molecule has 0 spiro atoms. The van der Waals surface area contributed by atoms with E-state index in [2.05, 4.69) is 43.0 Å². The van der Waals surface area contributed by atoms with Crippen molar-refractivity contribution in [3.05, 3.63) is 29.8 Å². The van der Waals surface area contributed by atoms with Crippen LogP contribution in [0.25, 0.3) is 0 Å². The Morgan fingerprint density at radius 1 is 1.25 bits per heavy atom. The molecule has 0 aliphatic rings. The second kappa shape index (κ2) is 7.53. The molecular formula is C13H20ClNO. The molecule has 0 saturated heterocycles. The molecule has 0 heterocycles. The molecule has 0 aliphatic heterocycles.